The molecule has 0 saturated carbocycles. The lowest BCUT2D eigenvalue weighted by molar-refractivity contribution is -0.134. The molecule has 1 N–H and O–H groups in total. The van der Waals surface area contributed by atoms with Gasteiger partial charge in [-0.2, -0.15) is 0 Å². The number of nitrogens with one attached hydrogen (secondary N) is 1. The van der Waals surface area contributed by atoms with Crippen molar-refractivity contribution in [2.45, 2.75) is 32.2 Å². The number of ether oxygens (including phenoxy) is 1. The Labute approximate surface area is 115 Å². The zero-order valence-electron chi connectivity index (χ0n) is 11.4. The standard InChI is InChI=1S/C12H18F2N2O4/c1-8(2)6-20-11(19)15-4-10(18)16-7-12(13,14)3-9(16)5-17/h5,8-9H,3-4,6-7H2,1-2H3,(H,15,19)/t9-/m0/s1. The van der Waals surface area contributed by atoms with Crippen LogP contribution in [0.5, 0.6) is 0 Å². The Morgan fingerprint density at radius 3 is 2.70 bits per heavy atom. The molecule has 0 aromatic heterocycles. The highest BCUT2D eigenvalue weighted by Crippen LogP contribution is 2.30. The average Bonchev–Trinajstić information content (AvgIpc) is 2.68. The summed E-state index contributed by atoms with van der Waals surface area (Å²) in [7, 11) is 0. The average molecular weight is 292 g/mol. The molecule has 0 aliphatic carbocycles. The molecular formula is C12H18F2N2O4. The van der Waals surface area contributed by atoms with Crippen LogP contribution in [0.1, 0.15) is 20.3 Å². The second kappa shape index (κ2) is 6.62. The third-order valence-electron chi connectivity index (χ3n) is 2.72. The molecule has 6 nitrogen and oxygen atoms in total. The largest absolute Gasteiger partial charge is 0.449 e. The second-order valence-electron chi connectivity index (χ2n) is 5.13. The molecule has 0 unspecified atom stereocenters. The summed E-state index contributed by atoms with van der Waals surface area (Å²) >= 11 is 0. The highest BCUT2D eigenvalue weighted by Gasteiger charge is 2.46. The lowest BCUT2D eigenvalue weighted by Crippen LogP contribution is -2.44. The van der Waals surface area contributed by atoms with Crippen molar-refractivity contribution in [3.8, 4) is 0 Å². The van der Waals surface area contributed by atoms with E-state index in [2.05, 4.69) is 5.32 Å². The molecule has 114 valence electrons. The molecule has 1 fully saturated rings. The van der Waals surface area contributed by atoms with Crippen LogP contribution in [0.3, 0.4) is 0 Å². The first-order valence-electron chi connectivity index (χ1n) is 6.28. The number of rotatable bonds is 5. The van der Waals surface area contributed by atoms with Crippen molar-refractivity contribution in [1.29, 1.82) is 0 Å². The van der Waals surface area contributed by atoms with Gasteiger partial charge >= 0.3 is 6.09 Å². The summed E-state index contributed by atoms with van der Waals surface area (Å²) in [6.45, 7) is 2.60. The van der Waals surface area contributed by atoms with Gasteiger partial charge in [0.15, 0.2) is 0 Å². The minimum Gasteiger partial charge on any atom is -0.449 e. The maximum Gasteiger partial charge on any atom is 0.407 e. The van der Waals surface area contributed by atoms with Crippen LogP contribution in [0.2, 0.25) is 0 Å². The fourth-order valence-electron chi connectivity index (χ4n) is 1.78. The van der Waals surface area contributed by atoms with Gasteiger partial charge in [-0.15, -0.1) is 0 Å². The first-order chi connectivity index (χ1) is 9.25. The Morgan fingerprint density at radius 2 is 2.15 bits per heavy atom. The SMILES string of the molecule is CC(C)COC(=O)NCC(=O)N1CC(F)(F)C[C@H]1C=O. The molecule has 1 saturated heterocycles. The van der Waals surface area contributed by atoms with E-state index in [1.807, 2.05) is 13.8 Å². The summed E-state index contributed by atoms with van der Waals surface area (Å²) < 4.78 is 31.0. The van der Waals surface area contributed by atoms with Crippen LogP contribution in [-0.2, 0) is 14.3 Å². The quantitative estimate of drug-likeness (QED) is 0.761. The van der Waals surface area contributed by atoms with E-state index in [0.717, 1.165) is 4.90 Å². The van der Waals surface area contributed by atoms with Crippen LogP contribution in [0.15, 0.2) is 0 Å². The van der Waals surface area contributed by atoms with Crippen LogP contribution < -0.4 is 5.32 Å². The number of alkyl halides is 2. The minimum atomic E-state index is -3.07. The van der Waals surface area contributed by atoms with Crippen molar-refractivity contribution < 1.29 is 27.9 Å². The van der Waals surface area contributed by atoms with Gasteiger partial charge in [0.1, 0.15) is 12.8 Å². The number of hydrogen-bond acceptors (Lipinski definition) is 4. The van der Waals surface area contributed by atoms with E-state index in [4.69, 9.17) is 4.74 Å². The molecule has 1 aliphatic heterocycles. The molecule has 2 amide bonds. The van der Waals surface area contributed by atoms with Gasteiger partial charge in [-0.1, -0.05) is 13.8 Å². The monoisotopic (exact) mass is 292 g/mol. The Balaban J connectivity index is 2.42. The smallest absolute Gasteiger partial charge is 0.407 e. The van der Waals surface area contributed by atoms with E-state index in [0.29, 0.717) is 6.29 Å². The number of likely N-dealkylation sites (tertiary alicyclic amines) is 1. The Kier molecular flexibility index (Phi) is 5.41. The molecule has 0 bridgehead atoms. The highest BCUT2D eigenvalue weighted by molar-refractivity contribution is 5.85. The normalized spacial score (nSPS) is 20.9. The molecule has 1 atom stereocenters. The van der Waals surface area contributed by atoms with E-state index >= 15 is 0 Å². The fourth-order valence-corrected chi connectivity index (χ4v) is 1.78. The molecular weight excluding hydrogens is 274 g/mol. The number of alkyl carbamates (subject to hydrolysis) is 1. The minimum absolute atomic E-state index is 0.146. The van der Waals surface area contributed by atoms with Crippen molar-refractivity contribution in [3.05, 3.63) is 0 Å². The van der Waals surface area contributed by atoms with Crippen LogP contribution in [0.25, 0.3) is 0 Å². The third kappa shape index (κ3) is 4.75. The molecule has 1 rings (SSSR count). The van der Waals surface area contributed by atoms with E-state index < -0.39 is 43.5 Å². The number of carbonyl (C=O) groups is 3. The van der Waals surface area contributed by atoms with Crippen LogP contribution in [0.4, 0.5) is 13.6 Å². The van der Waals surface area contributed by atoms with E-state index in [1.54, 1.807) is 0 Å². The zero-order chi connectivity index (χ0) is 15.3. The molecule has 1 heterocycles. The first-order valence-corrected chi connectivity index (χ1v) is 6.28. The predicted molar refractivity (Wildman–Crippen MR) is 65.3 cm³/mol. The summed E-state index contributed by atoms with van der Waals surface area (Å²) in [5.41, 5.74) is 0. The molecule has 0 aromatic rings. The number of nitrogens with zero attached hydrogens (tertiary/aromatic N) is 1. The van der Waals surface area contributed by atoms with Crippen molar-refractivity contribution in [1.82, 2.24) is 10.2 Å². The molecule has 8 heteroatoms. The maximum absolute atomic E-state index is 13.1. The van der Waals surface area contributed by atoms with Gasteiger partial charge in [0.05, 0.1) is 19.2 Å². The lowest BCUT2D eigenvalue weighted by atomic mass is 10.2. The third-order valence-corrected chi connectivity index (χ3v) is 2.72. The van der Waals surface area contributed by atoms with Crippen LogP contribution in [-0.4, -0.2) is 54.8 Å². The van der Waals surface area contributed by atoms with Gasteiger partial charge in [0.25, 0.3) is 5.92 Å². The Morgan fingerprint density at radius 1 is 1.50 bits per heavy atom. The molecule has 0 spiro atoms. The second-order valence-corrected chi connectivity index (χ2v) is 5.13. The number of carbonyl (C=O) groups excluding carboxylic acids is 3. The summed E-state index contributed by atoms with van der Waals surface area (Å²) in [4.78, 5) is 34.4. The van der Waals surface area contributed by atoms with Gasteiger partial charge in [0.2, 0.25) is 5.91 Å². The summed E-state index contributed by atoms with van der Waals surface area (Å²) in [5, 5.41) is 2.17. The van der Waals surface area contributed by atoms with Crippen LogP contribution >= 0.6 is 0 Å². The summed E-state index contributed by atoms with van der Waals surface area (Å²) in [5.74, 6) is -3.66. The Hall–Kier alpha value is -1.73. The zero-order valence-corrected chi connectivity index (χ0v) is 11.4. The molecule has 1 aliphatic rings. The molecule has 0 aromatic carbocycles. The van der Waals surface area contributed by atoms with Crippen molar-refractivity contribution >= 4 is 18.3 Å². The van der Waals surface area contributed by atoms with Crippen molar-refractivity contribution in [3.63, 3.8) is 0 Å². The van der Waals surface area contributed by atoms with E-state index in [1.165, 1.54) is 0 Å². The number of hydrogen-bond donors (Lipinski definition) is 1. The van der Waals surface area contributed by atoms with Crippen LogP contribution in [0, 0.1) is 5.92 Å². The van der Waals surface area contributed by atoms with Crippen molar-refractivity contribution in [2.75, 3.05) is 19.7 Å². The van der Waals surface area contributed by atoms with E-state index in [-0.39, 0.29) is 12.5 Å². The van der Waals surface area contributed by atoms with Crippen molar-refractivity contribution in [2.24, 2.45) is 5.92 Å². The lowest BCUT2D eigenvalue weighted by Gasteiger charge is -2.20. The highest BCUT2D eigenvalue weighted by atomic mass is 19.3. The number of halogens is 2. The van der Waals surface area contributed by atoms with Gasteiger partial charge in [0, 0.05) is 6.42 Å². The first kappa shape index (κ1) is 16.3. The fraction of sp³-hybridized carbons (Fsp3) is 0.750. The van der Waals surface area contributed by atoms with Gasteiger partial charge in [-0.25, -0.2) is 13.6 Å². The predicted octanol–water partition coefficient (Wildman–Crippen LogP) is 0.804. The van der Waals surface area contributed by atoms with Gasteiger partial charge in [-0.3, -0.25) is 4.79 Å². The van der Waals surface area contributed by atoms with Gasteiger partial charge in [-0.05, 0) is 5.92 Å². The topological polar surface area (TPSA) is 75.7 Å². The molecule has 0 radical (unpaired) electrons. The summed E-state index contributed by atoms with van der Waals surface area (Å²) in [6, 6.07) is -1.15. The summed E-state index contributed by atoms with van der Waals surface area (Å²) in [6.07, 6.45) is -1.16. The maximum atomic E-state index is 13.1. The number of amides is 2. The number of aldehydes is 1. The molecule has 20 heavy (non-hydrogen) atoms. The van der Waals surface area contributed by atoms with Gasteiger partial charge < -0.3 is 19.7 Å². The Bertz CT molecular complexity index is 388. The van der Waals surface area contributed by atoms with E-state index in [9.17, 15) is 23.2 Å².